The Morgan fingerprint density at radius 3 is 2.55 bits per heavy atom. The van der Waals surface area contributed by atoms with Crippen LogP contribution >= 0.6 is 0 Å². The van der Waals surface area contributed by atoms with Crippen molar-refractivity contribution in [1.29, 1.82) is 0 Å². The number of hydrogen-bond donors (Lipinski definition) is 2. The van der Waals surface area contributed by atoms with Crippen LogP contribution in [-0.2, 0) is 0 Å². The van der Waals surface area contributed by atoms with E-state index < -0.39 is 0 Å². The van der Waals surface area contributed by atoms with Crippen molar-refractivity contribution in [3.05, 3.63) is 11.6 Å². The van der Waals surface area contributed by atoms with Crippen LogP contribution in [0.2, 0.25) is 0 Å². The summed E-state index contributed by atoms with van der Waals surface area (Å²) in [5.74, 6) is 0.411. The van der Waals surface area contributed by atoms with E-state index in [2.05, 4.69) is 23.8 Å². The van der Waals surface area contributed by atoms with Gasteiger partial charge in [-0.1, -0.05) is 52.4 Å². The second-order valence-electron chi connectivity index (χ2n) is 5.47. The second kappa shape index (κ2) is 10.9. The lowest BCUT2D eigenvalue weighted by Crippen LogP contribution is -2.24. The average molecular weight is 310 g/mol. The maximum Gasteiger partial charge on any atom is 0.239 e. The Bertz CT molecular complexity index is 486. The van der Waals surface area contributed by atoms with Crippen LogP contribution in [0.4, 0.5) is 5.95 Å². The molecule has 0 aliphatic carbocycles. The van der Waals surface area contributed by atoms with Crippen molar-refractivity contribution in [3.63, 3.8) is 0 Å². The Kier molecular flexibility index (Phi) is 9.11. The number of nitrogen functional groups attached to an aromatic ring is 1. The average Bonchev–Trinajstić information content (AvgIpc) is 2.51. The minimum absolute atomic E-state index is 0.00399. The molecule has 0 spiro atoms. The van der Waals surface area contributed by atoms with Crippen LogP contribution in [0.1, 0.15) is 65.2 Å². The summed E-state index contributed by atoms with van der Waals surface area (Å²) >= 11 is 0. The minimum Gasteiger partial charge on any atom is -0.477 e. The summed E-state index contributed by atoms with van der Waals surface area (Å²) in [4.78, 5) is 8.38. The Morgan fingerprint density at radius 2 is 1.82 bits per heavy atom. The fraction of sp³-hybridized carbons (Fsp3) is 0.750. The van der Waals surface area contributed by atoms with E-state index in [4.69, 9.17) is 10.5 Å². The number of anilines is 1. The molecule has 6 heteroatoms. The van der Waals surface area contributed by atoms with Crippen molar-refractivity contribution in [2.75, 3.05) is 18.9 Å². The molecule has 0 aromatic carbocycles. The third kappa shape index (κ3) is 6.83. The molecule has 1 rings (SSSR count). The second-order valence-corrected chi connectivity index (χ2v) is 5.47. The van der Waals surface area contributed by atoms with Crippen LogP contribution < -0.4 is 16.0 Å². The number of aromatic nitrogens is 2. The molecular weight excluding hydrogens is 280 g/mol. The van der Waals surface area contributed by atoms with Gasteiger partial charge in [-0.05, 0) is 12.8 Å². The van der Waals surface area contributed by atoms with E-state index in [1.807, 2.05) is 0 Å². The summed E-state index contributed by atoms with van der Waals surface area (Å²) in [6.45, 7) is 5.57. The summed E-state index contributed by atoms with van der Waals surface area (Å²) in [6.07, 6.45) is 9.27. The molecule has 0 saturated carbocycles. The number of nitrogens with zero attached hydrogens (tertiary/aromatic N) is 3. The number of rotatable bonds is 11. The fourth-order valence-corrected chi connectivity index (χ4v) is 2.07. The van der Waals surface area contributed by atoms with Crippen molar-refractivity contribution in [3.8, 4) is 5.88 Å². The fourth-order valence-electron chi connectivity index (χ4n) is 2.07. The van der Waals surface area contributed by atoms with Crippen LogP contribution in [-0.4, -0.2) is 28.1 Å². The highest BCUT2D eigenvalue weighted by molar-refractivity contribution is 5.21. The maximum atomic E-state index is 9.85. The monoisotopic (exact) mass is 310 g/mol. The van der Waals surface area contributed by atoms with E-state index in [9.17, 15) is 5.21 Å². The lowest BCUT2D eigenvalue weighted by molar-refractivity contribution is 0.171. The molecule has 0 amide bonds. The minimum atomic E-state index is -0.00399. The molecule has 0 saturated heterocycles. The van der Waals surface area contributed by atoms with Crippen LogP contribution in [0.15, 0.2) is 11.1 Å². The van der Waals surface area contributed by atoms with Gasteiger partial charge in [-0.25, -0.2) is 0 Å². The van der Waals surface area contributed by atoms with E-state index in [0.717, 1.165) is 30.4 Å². The highest BCUT2D eigenvalue weighted by Gasteiger charge is 2.04. The molecular formula is C16H30N4O2. The topological polar surface area (TPSA) is 85.7 Å². The Hall–Kier alpha value is -1.72. The van der Waals surface area contributed by atoms with Gasteiger partial charge in [-0.2, -0.15) is 4.98 Å². The molecule has 22 heavy (non-hydrogen) atoms. The summed E-state index contributed by atoms with van der Waals surface area (Å²) < 4.78 is 6.33. The predicted molar refractivity (Wildman–Crippen MR) is 88.0 cm³/mol. The Morgan fingerprint density at radius 1 is 1.14 bits per heavy atom. The largest absolute Gasteiger partial charge is 0.477 e. The molecule has 3 N–H and O–H groups in total. The molecule has 126 valence electrons. The molecule has 0 bridgehead atoms. The van der Waals surface area contributed by atoms with Crippen LogP contribution in [0, 0.1) is 0 Å². The summed E-state index contributed by atoms with van der Waals surface area (Å²) in [6, 6.07) is 1.63. The number of ether oxygens (including phenoxy) is 1. The van der Waals surface area contributed by atoms with Gasteiger partial charge in [0.25, 0.3) is 0 Å². The first-order valence-corrected chi connectivity index (χ1v) is 8.41. The van der Waals surface area contributed by atoms with Crippen LogP contribution in [0.3, 0.4) is 0 Å². The lowest BCUT2D eigenvalue weighted by atomic mass is 10.1. The summed E-state index contributed by atoms with van der Waals surface area (Å²) in [5, 5.41) is 9.85. The SMILES string of the molecule is CCCCCCCCN=c1cc(OCCCC)nc(N)n1O. The van der Waals surface area contributed by atoms with Gasteiger partial charge in [-0.15, -0.1) is 4.73 Å². The molecule has 1 aromatic rings. The van der Waals surface area contributed by atoms with Crippen molar-refractivity contribution < 1.29 is 9.94 Å². The first kappa shape index (κ1) is 18.3. The van der Waals surface area contributed by atoms with Gasteiger partial charge < -0.3 is 15.7 Å². The molecule has 1 heterocycles. The van der Waals surface area contributed by atoms with Crippen molar-refractivity contribution in [1.82, 2.24) is 9.71 Å². The van der Waals surface area contributed by atoms with Crippen molar-refractivity contribution in [2.24, 2.45) is 4.99 Å². The van der Waals surface area contributed by atoms with E-state index in [1.165, 1.54) is 25.7 Å². The van der Waals surface area contributed by atoms with E-state index >= 15 is 0 Å². The Labute approximate surface area is 133 Å². The number of unbranched alkanes of at least 4 members (excludes halogenated alkanes) is 6. The predicted octanol–water partition coefficient (Wildman–Crippen LogP) is 3.14. The lowest BCUT2D eigenvalue weighted by Gasteiger charge is -2.07. The van der Waals surface area contributed by atoms with Crippen LogP contribution in [0.5, 0.6) is 5.88 Å². The molecule has 0 radical (unpaired) electrons. The van der Waals surface area contributed by atoms with Crippen molar-refractivity contribution in [2.45, 2.75) is 65.2 Å². The first-order chi connectivity index (χ1) is 10.7. The number of hydrogen-bond acceptors (Lipinski definition) is 5. The van der Waals surface area contributed by atoms with Crippen LogP contribution in [0.25, 0.3) is 0 Å². The van der Waals surface area contributed by atoms with E-state index in [1.54, 1.807) is 6.07 Å². The highest BCUT2D eigenvalue weighted by Crippen LogP contribution is 2.07. The molecule has 1 aromatic heterocycles. The summed E-state index contributed by atoms with van der Waals surface area (Å²) in [7, 11) is 0. The van der Waals surface area contributed by atoms with E-state index in [-0.39, 0.29) is 5.95 Å². The van der Waals surface area contributed by atoms with Gasteiger partial charge in [-0.3, -0.25) is 4.99 Å². The van der Waals surface area contributed by atoms with Gasteiger partial charge in [0.2, 0.25) is 11.8 Å². The Balaban J connectivity index is 2.54. The molecule has 6 nitrogen and oxygen atoms in total. The molecule has 0 aliphatic heterocycles. The first-order valence-electron chi connectivity index (χ1n) is 8.41. The highest BCUT2D eigenvalue weighted by atomic mass is 16.5. The van der Waals surface area contributed by atoms with Gasteiger partial charge in [0.05, 0.1) is 6.61 Å². The third-order valence-electron chi connectivity index (χ3n) is 3.44. The third-order valence-corrected chi connectivity index (χ3v) is 3.44. The quantitative estimate of drug-likeness (QED) is 0.485. The maximum absolute atomic E-state index is 9.85. The standard InChI is InChI=1S/C16H30N4O2/c1-3-5-7-8-9-10-11-18-14-13-15(22-12-6-4-2)19-16(17)20(14)21/h13,21H,3-12H2,1-2H3,(H2,17,19). The summed E-state index contributed by atoms with van der Waals surface area (Å²) in [5.41, 5.74) is 6.07. The number of nitrogens with two attached hydrogens (primary N) is 1. The normalized spacial score (nSPS) is 11.8. The zero-order chi connectivity index (χ0) is 16.2. The van der Waals surface area contributed by atoms with E-state index in [0.29, 0.717) is 24.5 Å². The molecule has 0 aliphatic rings. The zero-order valence-electron chi connectivity index (χ0n) is 13.9. The smallest absolute Gasteiger partial charge is 0.239 e. The molecule has 0 unspecified atom stereocenters. The molecule has 0 fully saturated rings. The van der Waals surface area contributed by atoms with Crippen molar-refractivity contribution >= 4 is 5.95 Å². The molecule has 0 atom stereocenters. The van der Waals surface area contributed by atoms with Gasteiger partial charge in [0.15, 0.2) is 5.49 Å². The zero-order valence-corrected chi connectivity index (χ0v) is 13.9. The van der Waals surface area contributed by atoms with Gasteiger partial charge in [0, 0.05) is 12.6 Å². The van der Waals surface area contributed by atoms with Gasteiger partial charge >= 0.3 is 0 Å². The van der Waals surface area contributed by atoms with Gasteiger partial charge in [0.1, 0.15) is 0 Å².